The molecule has 0 fully saturated rings. The fraction of sp³-hybridized carbons (Fsp3) is 0.929. The summed E-state index contributed by atoms with van der Waals surface area (Å²) >= 11 is -4.70. The van der Waals surface area contributed by atoms with Crippen LogP contribution in [0.3, 0.4) is 0 Å². The van der Waals surface area contributed by atoms with Crippen LogP contribution in [0.4, 0.5) is 0 Å². The zero-order valence-electron chi connectivity index (χ0n) is 22.9. The van der Waals surface area contributed by atoms with Crippen molar-refractivity contribution < 1.29 is 4.74 Å². The number of hydrogen-bond acceptors (Lipinski definition) is 1. The Morgan fingerprint density at radius 2 is 0.871 bits per heavy atom. The Hall–Kier alpha value is 1.30. The molecule has 0 aromatic heterocycles. The van der Waals surface area contributed by atoms with Crippen LogP contribution in [0.25, 0.3) is 0 Å². The van der Waals surface area contributed by atoms with E-state index in [0.717, 1.165) is 6.61 Å². The third-order valence-corrected chi connectivity index (χ3v) is 40.2. The van der Waals surface area contributed by atoms with E-state index < -0.39 is 36.8 Å². The monoisotopic (exact) mass is 652 g/mol. The van der Waals surface area contributed by atoms with Crippen molar-refractivity contribution in [3.8, 4) is 0 Å². The van der Waals surface area contributed by atoms with Gasteiger partial charge in [-0.05, 0) is 0 Å². The van der Waals surface area contributed by atoms with E-state index in [4.69, 9.17) is 4.74 Å². The quantitative estimate of drug-likeness (QED) is 0.106. The van der Waals surface area contributed by atoms with Crippen LogP contribution in [-0.2, 0) is 4.74 Å². The van der Waals surface area contributed by atoms with Crippen LogP contribution in [0.5, 0.6) is 0 Å². The van der Waals surface area contributed by atoms with E-state index in [9.17, 15) is 0 Å². The van der Waals surface area contributed by atoms with Gasteiger partial charge in [-0.25, -0.2) is 0 Å². The molecular weight excluding hydrogens is 590 g/mol. The normalized spacial score (nSPS) is 13.2. The number of methoxy groups -OCH3 is 1. The van der Waals surface area contributed by atoms with Crippen LogP contribution in [0, 0.1) is 0 Å². The molecule has 0 spiro atoms. The van der Waals surface area contributed by atoms with Crippen LogP contribution in [0.2, 0.25) is 26.6 Å². The minimum absolute atomic E-state index is 0.982. The van der Waals surface area contributed by atoms with Crippen molar-refractivity contribution in [1.82, 2.24) is 0 Å². The van der Waals surface area contributed by atoms with Crippen molar-refractivity contribution in [3.63, 3.8) is 0 Å². The molecule has 0 aromatic rings. The average molecular weight is 650 g/mol. The summed E-state index contributed by atoms with van der Waals surface area (Å²) in [6, 6.07) is 0. The average Bonchev–Trinajstić information content (AvgIpc) is 2.79. The van der Waals surface area contributed by atoms with E-state index in [2.05, 4.69) is 45.6 Å². The van der Waals surface area contributed by atoms with E-state index in [-0.39, 0.29) is 0 Å². The zero-order chi connectivity index (χ0) is 23.4. The van der Waals surface area contributed by atoms with Crippen molar-refractivity contribution >= 4 is 36.8 Å². The second-order valence-corrected chi connectivity index (χ2v) is 36.7. The molecular formula is C28H60OSn2. The van der Waals surface area contributed by atoms with E-state index in [1.165, 1.54) is 77.0 Å². The molecule has 186 valence electrons. The van der Waals surface area contributed by atoms with Crippen molar-refractivity contribution in [2.45, 2.75) is 145 Å². The van der Waals surface area contributed by atoms with Gasteiger partial charge >= 0.3 is 208 Å². The Bertz CT molecular complexity index is 389. The predicted octanol–water partition coefficient (Wildman–Crippen LogP) is 10.3. The van der Waals surface area contributed by atoms with Gasteiger partial charge in [-0.3, -0.25) is 0 Å². The Morgan fingerprint density at radius 3 is 1.16 bits per heavy atom. The van der Waals surface area contributed by atoms with Crippen molar-refractivity contribution in [2.24, 2.45) is 0 Å². The van der Waals surface area contributed by atoms with Gasteiger partial charge in [0.15, 0.2) is 0 Å². The molecule has 0 rings (SSSR count). The first-order valence-electron chi connectivity index (χ1n) is 14.2. The third kappa shape index (κ3) is 13.1. The summed E-state index contributed by atoms with van der Waals surface area (Å²) in [5.74, 6) is 0. The Labute approximate surface area is 206 Å². The van der Waals surface area contributed by atoms with Crippen LogP contribution in [-0.4, -0.2) is 50.5 Å². The van der Waals surface area contributed by atoms with Crippen LogP contribution in [0.1, 0.15) is 119 Å². The number of ether oxygens (including phenoxy) is 1. The summed E-state index contributed by atoms with van der Waals surface area (Å²) in [5.41, 5.74) is 0. The van der Waals surface area contributed by atoms with E-state index in [0.29, 0.717) is 0 Å². The molecule has 0 N–H and O–H groups in total. The first-order valence-corrected chi connectivity index (χ1v) is 29.4. The molecule has 0 radical (unpaired) electrons. The Morgan fingerprint density at radius 1 is 0.548 bits per heavy atom. The molecule has 0 heterocycles. The molecule has 3 heteroatoms. The van der Waals surface area contributed by atoms with Gasteiger partial charge in [-0.1, -0.05) is 0 Å². The van der Waals surface area contributed by atoms with Crippen LogP contribution >= 0.6 is 0 Å². The summed E-state index contributed by atoms with van der Waals surface area (Å²) < 4.78 is 20.7. The number of rotatable bonds is 22. The second-order valence-electron chi connectivity index (χ2n) is 10.4. The molecule has 0 aliphatic heterocycles. The molecule has 1 nitrogen and oxygen atoms in total. The molecule has 31 heavy (non-hydrogen) atoms. The molecule has 0 aromatic carbocycles. The van der Waals surface area contributed by atoms with Crippen molar-refractivity contribution in [3.05, 3.63) is 7.68 Å². The molecule has 0 unspecified atom stereocenters. The van der Waals surface area contributed by atoms with Gasteiger partial charge in [0.1, 0.15) is 0 Å². The molecule has 0 saturated heterocycles. The first kappa shape index (κ1) is 32.3. The summed E-state index contributed by atoms with van der Waals surface area (Å²) in [6.45, 7) is 15.4. The Balaban J connectivity index is 6.42. The van der Waals surface area contributed by atoms with Gasteiger partial charge in [0.25, 0.3) is 0 Å². The SMILES string of the molecule is CCC[CH2][Sn](/[CH]=[C](/COC)[Sn]([CH2]CCC)([CH2]CCC)[CH2]CCC)([CH2]CCC)[CH2]CCC. The van der Waals surface area contributed by atoms with Gasteiger partial charge in [0.05, 0.1) is 0 Å². The predicted molar refractivity (Wildman–Crippen MR) is 150 cm³/mol. The third-order valence-electron chi connectivity index (χ3n) is 7.57. The molecule has 0 amide bonds. The zero-order valence-corrected chi connectivity index (χ0v) is 28.6. The van der Waals surface area contributed by atoms with Gasteiger partial charge in [0.2, 0.25) is 0 Å². The molecule has 0 saturated carbocycles. The first-order chi connectivity index (χ1) is 15.0. The molecule has 0 aliphatic rings. The minimum atomic E-state index is -2.40. The van der Waals surface area contributed by atoms with E-state index in [1.54, 1.807) is 26.6 Å². The summed E-state index contributed by atoms with van der Waals surface area (Å²) in [6.07, 6.45) is 17.0. The van der Waals surface area contributed by atoms with Crippen molar-refractivity contribution in [1.29, 1.82) is 0 Å². The molecule has 0 bridgehead atoms. The fourth-order valence-corrected chi connectivity index (χ4v) is 47.8. The van der Waals surface area contributed by atoms with E-state index in [1.807, 2.05) is 10.7 Å². The topological polar surface area (TPSA) is 9.23 Å². The number of unbranched alkanes of at least 4 members (excludes halogenated alkanes) is 6. The number of hydrogen-bond donors (Lipinski definition) is 0. The summed E-state index contributed by atoms with van der Waals surface area (Å²) in [7, 11) is 1.98. The van der Waals surface area contributed by atoms with Crippen LogP contribution < -0.4 is 0 Å². The van der Waals surface area contributed by atoms with Gasteiger partial charge in [-0.15, -0.1) is 0 Å². The van der Waals surface area contributed by atoms with Crippen LogP contribution in [0.15, 0.2) is 7.68 Å². The molecule has 0 atom stereocenters. The van der Waals surface area contributed by atoms with Crippen molar-refractivity contribution in [2.75, 3.05) is 13.7 Å². The van der Waals surface area contributed by atoms with E-state index >= 15 is 0 Å². The second kappa shape index (κ2) is 20.7. The van der Waals surface area contributed by atoms with Gasteiger partial charge in [0, 0.05) is 0 Å². The Kier molecular flexibility index (Phi) is 21.5. The van der Waals surface area contributed by atoms with Gasteiger partial charge in [-0.2, -0.15) is 0 Å². The standard InChI is InChI=1S/C4H6O.6C4H9.2Sn/c1-3-4-5-2;6*1-3-4-2;;/h1H,4H2,2H3;6*1,3-4H2,2H3;;. The summed E-state index contributed by atoms with van der Waals surface area (Å²) in [4.78, 5) is 0. The summed E-state index contributed by atoms with van der Waals surface area (Å²) in [5, 5.41) is 0. The van der Waals surface area contributed by atoms with Gasteiger partial charge < -0.3 is 0 Å². The molecule has 0 aliphatic carbocycles. The maximum atomic E-state index is 6.03. The maximum absolute atomic E-state index is 6.03. The fourth-order valence-electron chi connectivity index (χ4n) is 5.45.